The molecule has 0 saturated carbocycles. The second kappa shape index (κ2) is 9.85. The summed E-state index contributed by atoms with van der Waals surface area (Å²) in [5.74, 6) is -1.80. The third-order valence-corrected chi connectivity index (χ3v) is 7.41. The van der Waals surface area contributed by atoms with Crippen molar-refractivity contribution in [3.05, 3.63) is 65.2 Å². The molecule has 1 aromatic carbocycles. The molecule has 37 heavy (non-hydrogen) atoms. The molecule has 2 aliphatic heterocycles. The topological polar surface area (TPSA) is 103 Å². The number of nitrogens with one attached hydrogen (secondary N) is 1. The van der Waals surface area contributed by atoms with Crippen molar-refractivity contribution < 1.29 is 23.5 Å². The summed E-state index contributed by atoms with van der Waals surface area (Å²) in [6.07, 6.45) is 1.71. The molecule has 1 N–H and O–H groups in total. The number of nitriles is 1. The van der Waals surface area contributed by atoms with Gasteiger partial charge in [0.1, 0.15) is 12.1 Å². The highest BCUT2D eigenvalue weighted by atomic mass is 19.1. The Hall–Kier alpha value is -3.93. The fraction of sp³-hybridized carbons (Fsp3) is 0.429. The van der Waals surface area contributed by atoms with Gasteiger partial charge in [-0.3, -0.25) is 14.4 Å². The van der Waals surface area contributed by atoms with Crippen molar-refractivity contribution in [1.82, 2.24) is 9.80 Å². The molecular formula is C28H31FN4O4. The summed E-state index contributed by atoms with van der Waals surface area (Å²) >= 11 is 0. The van der Waals surface area contributed by atoms with E-state index in [9.17, 15) is 24.0 Å². The van der Waals surface area contributed by atoms with Crippen LogP contribution in [0.3, 0.4) is 0 Å². The van der Waals surface area contributed by atoms with Gasteiger partial charge in [-0.25, -0.2) is 4.39 Å². The van der Waals surface area contributed by atoms with Gasteiger partial charge < -0.3 is 19.9 Å². The SMILES string of the molecule is C=C1CC(C(=O)N(C)[C@@H](CC(C)C)C(=O)N2C[C@]3(C[C@H]2C#N)C(=O)Nc2ccccc23)=CC(F)=C1OC. The van der Waals surface area contributed by atoms with Crippen LogP contribution in [0.15, 0.2) is 59.7 Å². The van der Waals surface area contributed by atoms with E-state index in [-0.39, 0.29) is 42.5 Å². The van der Waals surface area contributed by atoms with E-state index >= 15 is 0 Å². The van der Waals surface area contributed by atoms with Gasteiger partial charge in [0.25, 0.3) is 5.91 Å². The largest absolute Gasteiger partial charge is 0.493 e. The molecule has 2 heterocycles. The molecule has 3 aliphatic rings. The Morgan fingerprint density at radius 1 is 1.38 bits per heavy atom. The number of carbonyl (C=O) groups excluding carboxylic acids is 3. The number of nitrogens with zero attached hydrogens (tertiary/aromatic N) is 3. The lowest BCUT2D eigenvalue weighted by molar-refractivity contribution is -0.143. The molecule has 4 rings (SSSR count). The average molecular weight is 507 g/mol. The monoisotopic (exact) mass is 506 g/mol. The maximum Gasteiger partial charge on any atom is 0.250 e. The first-order valence-electron chi connectivity index (χ1n) is 12.2. The zero-order valence-electron chi connectivity index (χ0n) is 21.5. The number of ether oxygens (including phenoxy) is 1. The number of allylic oxidation sites excluding steroid dienone is 3. The molecule has 1 aromatic rings. The van der Waals surface area contributed by atoms with Crippen LogP contribution in [0.5, 0.6) is 0 Å². The van der Waals surface area contributed by atoms with Crippen LogP contribution in [0.4, 0.5) is 10.1 Å². The molecule has 0 radical (unpaired) electrons. The summed E-state index contributed by atoms with van der Waals surface area (Å²) in [4.78, 5) is 43.2. The summed E-state index contributed by atoms with van der Waals surface area (Å²) in [6, 6.07) is 7.75. The molecule has 1 aliphatic carbocycles. The highest BCUT2D eigenvalue weighted by Gasteiger charge is 2.56. The first kappa shape index (κ1) is 26.1. The maximum atomic E-state index is 14.5. The van der Waals surface area contributed by atoms with Gasteiger partial charge in [0.2, 0.25) is 11.8 Å². The van der Waals surface area contributed by atoms with Gasteiger partial charge in [0.05, 0.1) is 18.6 Å². The van der Waals surface area contributed by atoms with E-state index in [1.165, 1.54) is 24.0 Å². The predicted octanol–water partition coefficient (Wildman–Crippen LogP) is 3.59. The fourth-order valence-electron chi connectivity index (χ4n) is 5.54. The Bertz CT molecular complexity index is 1280. The Labute approximate surface area is 216 Å². The Kier molecular flexibility index (Phi) is 6.96. The smallest absolute Gasteiger partial charge is 0.250 e. The van der Waals surface area contributed by atoms with E-state index in [0.29, 0.717) is 17.7 Å². The van der Waals surface area contributed by atoms with Crippen molar-refractivity contribution in [2.24, 2.45) is 5.92 Å². The number of likely N-dealkylation sites (tertiary alicyclic amines) is 1. The number of likely N-dealkylation sites (N-methyl/N-ethyl adjacent to an activating group) is 1. The molecule has 194 valence electrons. The number of halogens is 1. The molecule has 0 aromatic heterocycles. The molecule has 1 fully saturated rings. The van der Waals surface area contributed by atoms with Crippen LogP contribution in [0.2, 0.25) is 0 Å². The van der Waals surface area contributed by atoms with Crippen LogP contribution in [-0.2, 0) is 24.5 Å². The van der Waals surface area contributed by atoms with Gasteiger partial charge in [0.15, 0.2) is 11.6 Å². The molecule has 1 saturated heterocycles. The predicted molar refractivity (Wildman–Crippen MR) is 135 cm³/mol. The van der Waals surface area contributed by atoms with Crippen LogP contribution in [0.25, 0.3) is 0 Å². The van der Waals surface area contributed by atoms with Crippen molar-refractivity contribution in [3.63, 3.8) is 0 Å². The minimum absolute atomic E-state index is 0.00311. The molecule has 0 unspecified atom stereocenters. The summed E-state index contributed by atoms with van der Waals surface area (Å²) < 4.78 is 19.5. The lowest BCUT2D eigenvalue weighted by atomic mass is 9.80. The zero-order chi connectivity index (χ0) is 27.1. The number of hydrogen-bond donors (Lipinski definition) is 1. The number of amides is 3. The summed E-state index contributed by atoms with van der Waals surface area (Å²) in [5.41, 5.74) is 0.919. The Morgan fingerprint density at radius 2 is 2.08 bits per heavy atom. The van der Waals surface area contributed by atoms with Crippen molar-refractivity contribution >= 4 is 23.4 Å². The molecule has 3 atom stereocenters. The minimum Gasteiger partial charge on any atom is -0.493 e. The zero-order valence-corrected chi connectivity index (χ0v) is 21.5. The lowest BCUT2D eigenvalue weighted by Crippen LogP contribution is -2.52. The van der Waals surface area contributed by atoms with Gasteiger partial charge in [-0.2, -0.15) is 5.26 Å². The quantitative estimate of drug-likeness (QED) is 0.635. The molecule has 1 spiro atoms. The molecule has 3 amide bonds. The van der Waals surface area contributed by atoms with Crippen molar-refractivity contribution in [3.8, 4) is 6.07 Å². The van der Waals surface area contributed by atoms with Gasteiger partial charge in [-0.05, 0) is 35.6 Å². The van der Waals surface area contributed by atoms with Gasteiger partial charge in [-0.1, -0.05) is 38.6 Å². The van der Waals surface area contributed by atoms with Crippen molar-refractivity contribution in [2.75, 3.05) is 26.0 Å². The van der Waals surface area contributed by atoms with Gasteiger partial charge >= 0.3 is 0 Å². The van der Waals surface area contributed by atoms with Gasteiger partial charge in [-0.15, -0.1) is 0 Å². The van der Waals surface area contributed by atoms with Crippen LogP contribution in [0, 0.1) is 17.2 Å². The average Bonchev–Trinajstić information content (AvgIpc) is 3.39. The third-order valence-electron chi connectivity index (χ3n) is 7.41. The molecule has 8 nitrogen and oxygen atoms in total. The number of fused-ring (bicyclic) bond motifs is 2. The summed E-state index contributed by atoms with van der Waals surface area (Å²) in [6.45, 7) is 7.71. The normalized spacial score (nSPS) is 23.5. The number of para-hydroxylation sites is 1. The van der Waals surface area contributed by atoms with Crippen LogP contribution < -0.4 is 5.32 Å². The standard InChI is InChI=1S/C28H31FN4O4/c1-16(2)10-23(32(4)25(34)18-11-17(3)24(37-5)21(29)12-18)26(35)33-15-28(13-19(33)14-30)20-8-6-7-9-22(20)31-27(28)36/h6-9,12,16,19,23H,3,10-11,13,15H2,1-2,4-5H3,(H,31,36)/t19-,23-,28-/m0/s1. The maximum absolute atomic E-state index is 14.5. The highest BCUT2D eigenvalue weighted by molar-refractivity contribution is 6.07. The van der Waals surface area contributed by atoms with Crippen LogP contribution >= 0.6 is 0 Å². The first-order valence-corrected chi connectivity index (χ1v) is 12.2. The lowest BCUT2D eigenvalue weighted by Gasteiger charge is -2.34. The number of rotatable bonds is 6. The Morgan fingerprint density at radius 3 is 2.70 bits per heavy atom. The van der Waals surface area contributed by atoms with Gasteiger partial charge in [0, 0.05) is 37.7 Å². The number of carbonyl (C=O) groups is 3. The van der Waals surface area contributed by atoms with Crippen molar-refractivity contribution in [2.45, 2.75) is 50.6 Å². The number of methoxy groups -OCH3 is 1. The van der Waals surface area contributed by atoms with E-state index < -0.39 is 35.1 Å². The molecule has 0 bridgehead atoms. The van der Waals surface area contributed by atoms with Crippen LogP contribution in [0.1, 0.15) is 38.7 Å². The fourth-order valence-corrected chi connectivity index (χ4v) is 5.54. The summed E-state index contributed by atoms with van der Waals surface area (Å²) in [7, 11) is 2.84. The Balaban J connectivity index is 1.64. The molecular weight excluding hydrogens is 475 g/mol. The highest BCUT2D eigenvalue weighted by Crippen LogP contribution is 2.46. The van der Waals surface area contributed by atoms with Crippen LogP contribution in [-0.4, -0.2) is 60.3 Å². The third kappa shape index (κ3) is 4.41. The minimum atomic E-state index is -1.02. The number of hydrogen-bond acceptors (Lipinski definition) is 5. The second-order valence-corrected chi connectivity index (χ2v) is 10.3. The second-order valence-electron chi connectivity index (χ2n) is 10.3. The van der Waals surface area contributed by atoms with E-state index in [1.54, 1.807) is 6.07 Å². The van der Waals surface area contributed by atoms with Crippen molar-refractivity contribution in [1.29, 1.82) is 5.26 Å². The summed E-state index contributed by atoms with van der Waals surface area (Å²) in [5, 5.41) is 12.8. The number of benzene rings is 1. The molecule has 9 heteroatoms. The van der Waals surface area contributed by atoms with E-state index in [1.807, 2.05) is 32.0 Å². The van der Waals surface area contributed by atoms with E-state index in [4.69, 9.17) is 4.74 Å². The van der Waals surface area contributed by atoms with E-state index in [2.05, 4.69) is 18.0 Å². The van der Waals surface area contributed by atoms with E-state index in [0.717, 1.165) is 11.6 Å². The first-order chi connectivity index (χ1) is 17.5. The number of anilines is 1.